The molecule has 1 aromatic carbocycles. The van der Waals surface area contributed by atoms with E-state index in [-0.39, 0.29) is 21.9 Å². The highest BCUT2D eigenvalue weighted by molar-refractivity contribution is 7.91. The fraction of sp³-hybridized carbons (Fsp3) is 0.440. The number of likely N-dealkylation sites (N-methyl/N-ethyl adjacent to an activating group) is 1. The predicted molar refractivity (Wildman–Crippen MR) is 139 cm³/mol. The summed E-state index contributed by atoms with van der Waals surface area (Å²) in [5.74, 6) is -2.56. The number of hydrogen-bond acceptors (Lipinski definition) is 7. The zero-order valence-corrected chi connectivity index (χ0v) is 22.8. The number of oxime groups is 1. The van der Waals surface area contributed by atoms with E-state index in [9.17, 15) is 31.5 Å². The Morgan fingerprint density at radius 3 is 2.39 bits per heavy atom. The number of carboxylic acid groups (broad SMARTS) is 1. The highest BCUT2D eigenvalue weighted by Crippen LogP contribution is 2.59. The maximum atomic E-state index is 13.3. The number of sulfonamides is 1. The molecule has 3 rings (SSSR count). The number of benzene rings is 1. The molecule has 1 aliphatic rings. The second-order valence-corrected chi connectivity index (χ2v) is 11.9. The summed E-state index contributed by atoms with van der Waals surface area (Å²) in [5.41, 5.74) is -2.05. The maximum absolute atomic E-state index is 13.3. The van der Waals surface area contributed by atoms with Crippen LogP contribution >= 0.6 is 11.3 Å². The molecule has 0 saturated heterocycles. The lowest BCUT2D eigenvalue weighted by molar-refractivity contribution is -0.141. The van der Waals surface area contributed by atoms with Gasteiger partial charge in [0.05, 0.1) is 11.1 Å². The minimum absolute atomic E-state index is 0.0621. The lowest BCUT2D eigenvalue weighted by Crippen LogP contribution is -2.51. The number of nitrogens with one attached hydrogen (secondary N) is 1. The highest BCUT2D eigenvalue weighted by atomic mass is 32.2. The van der Waals surface area contributed by atoms with Crippen molar-refractivity contribution in [3.8, 4) is 0 Å². The largest absolute Gasteiger partial charge is 0.480 e. The van der Waals surface area contributed by atoms with Crippen LogP contribution in [0.3, 0.4) is 0 Å². The monoisotopic (exact) mass is 573 g/mol. The molecular formula is C25H30F3N3O5S2. The SMILES string of the molecule is CC/C=C(\O/N=C/c1ccc(S(=O)(=O)NC2(C(=O)O)CC2(CN(CC)CC)c2ccccc2)s1)C(F)(F)F. The van der Waals surface area contributed by atoms with Gasteiger partial charge in [-0.3, -0.25) is 4.79 Å². The first-order valence-electron chi connectivity index (χ1n) is 12.0. The average molecular weight is 574 g/mol. The van der Waals surface area contributed by atoms with Gasteiger partial charge in [0.2, 0.25) is 5.76 Å². The number of rotatable bonds is 13. The van der Waals surface area contributed by atoms with Gasteiger partial charge in [-0.05, 0) is 49.7 Å². The molecular weight excluding hydrogens is 543 g/mol. The molecule has 1 aliphatic carbocycles. The number of hydrogen-bond donors (Lipinski definition) is 2. The topological polar surface area (TPSA) is 108 Å². The molecule has 0 amide bonds. The summed E-state index contributed by atoms with van der Waals surface area (Å²) >= 11 is 0.728. The van der Waals surface area contributed by atoms with Crippen molar-refractivity contribution in [1.82, 2.24) is 9.62 Å². The maximum Gasteiger partial charge on any atom is 0.451 e. The van der Waals surface area contributed by atoms with Crippen molar-refractivity contribution in [1.29, 1.82) is 0 Å². The molecule has 13 heteroatoms. The Hall–Kier alpha value is -2.74. The van der Waals surface area contributed by atoms with Crippen molar-refractivity contribution in [3.63, 3.8) is 0 Å². The van der Waals surface area contributed by atoms with Gasteiger partial charge in [0.1, 0.15) is 9.75 Å². The summed E-state index contributed by atoms with van der Waals surface area (Å²) in [6.45, 7) is 7.07. The number of aliphatic carboxylic acids is 1. The Morgan fingerprint density at radius 2 is 1.84 bits per heavy atom. The zero-order valence-electron chi connectivity index (χ0n) is 21.2. The molecule has 0 bridgehead atoms. The van der Waals surface area contributed by atoms with Crippen LogP contribution in [0, 0.1) is 0 Å². The van der Waals surface area contributed by atoms with Crippen LogP contribution in [-0.4, -0.2) is 62.0 Å². The van der Waals surface area contributed by atoms with Gasteiger partial charge >= 0.3 is 12.1 Å². The smallest absolute Gasteiger partial charge is 0.451 e. The molecule has 2 aromatic rings. The Labute approximate surface area is 223 Å². The van der Waals surface area contributed by atoms with E-state index in [2.05, 4.69) is 14.7 Å². The van der Waals surface area contributed by atoms with Crippen LogP contribution in [0.5, 0.6) is 0 Å². The van der Waals surface area contributed by atoms with Gasteiger partial charge in [0.25, 0.3) is 10.0 Å². The van der Waals surface area contributed by atoms with Crippen molar-refractivity contribution >= 4 is 33.5 Å². The third-order valence-corrected chi connectivity index (χ3v) is 9.52. The minimum atomic E-state index is -4.72. The normalized spacial score (nSPS) is 22.2. The van der Waals surface area contributed by atoms with Crippen LogP contribution in [0.2, 0.25) is 0 Å². The number of thiophene rings is 1. The van der Waals surface area contributed by atoms with Gasteiger partial charge in [-0.2, -0.15) is 17.9 Å². The molecule has 8 nitrogen and oxygen atoms in total. The number of carbonyl (C=O) groups is 1. The van der Waals surface area contributed by atoms with E-state index in [0.29, 0.717) is 25.2 Å². The van der Waals surface area contributed by atoms with E-state index in [1.54, 1.807) is 30.3 Å². The molecule has 0 aliphatic heterocycles. The molecule has 1 heterocycles. The molecule has 0 radical (unpaired) electrons. The van der Waals surface area contributed by atoms with E-state index in [1.807, 2.05) is 18.7 Å². The lowest BCUT2D eigenvalue weighted by Gasteiger charge is -2.29. The van der Waals surface area contributed by atoms with Crippen LogP contribution in [0.1, 0.15) is 44.1 Å². The highest BCUT2D eigenvalue weighted by Gasteiger charge is 2.75. The van der Waals surface area contributed by atoms with Crippen molar-refractivity contribution in [2.75, 3.05) is 19.6 Å². The second-order valence-electron chi connectivity index (χ2n) is 8.86. The summed E-state index contributed by atoms with van der Waals surface area (Å²) in [7, 11) is -4.31. The third kappa shape index (κ3) is 6.11. The molecule has 38 heavy (non-hydrogen) atoms. The molecule has 0 spiro atoms. The molecule has 1 aromatic heterocycles. The standard InChI is InChI=1S/C25H30F3N3O5S2/c1-4-10-20(25(26,27)28)36-29-15-19-13-14-21(37-19)38(34,35)30-24(22(32)33)16-23(24,17-31(5-2)6-3)18-11-8-7-9-12-18/h7-15,30H,4-6,16-17H2,1-3H3,(H,32,33)/b20-10-,29-15+. The molecule has 2 atom stereocenters. The van der Waals surface area contributed by atoms with E-state index < -0.39 is 38.9 Å². The predicted octanol–water partition coefficient (Wildman–Crippen LogP) is 4.74. The Balaban J connectivity index is 1.88. The lowest BCUT2D eigenvalue weighted by atomic mass is 9.90. The van der Waals surface area contributed by atoms with E-state index in [4.69, 9.17) is 0 Å². The van der Waals surface area contributed by atoms with E-state index >= 15 is 0 Å². The van der Waals surface area contributed by atoms with E-state index in [0.717, 1.165) is 23.6 Å². The summed E-state index contributed by atoms with van der Waals surface area (Å²) in [5, 5.41) is 13.6. The summed E-state index contributed by atoms with van der Waals surface area (Å²) in [6, 6.07) is 11.6. The number of nitrogens with zero attached hydrogens (tertiary/aromatic N) is 2. The first kappa shape index (κ1) is 29.8. The van der Waals surface area contributed by atoms with Crippen LogP contribution in [0.4, 0.5) is 13.2 Å². The van der Waals surface area contributed by atoms with Gasteiger partial charge in [-0.1, -0.05) is 56.3 Å². The molecule has 1 saturated carbocycles. The molecule has 2 N–H and O–H groups in total. The minimum Gasteiger partial charge on any atom is -0.480 e. The van der Waals surface area contributed by atoms with Crippen molar-refractivity contribution in [2.24, 2.45) is 5.16 Å². The van der Waals surface area contributed by atoms with Crippen LogP contribution in [-0.2, 0) is 25.1 Å². The fourth-order valence-corrected chi connectivity index (χ4v) is 7.05. The molecule has 1 fully saturated rings. The third-order valence-electron chi connectivity index (χ3n) is 6.51. The summed E-state index contributed by atoms with van der Waals surface area (Å²) in [6.07, 6.45) is -2.76. The Bertz CT molecular complexity index is 1290. The summed E-state index contributed by atoms with van der Waals surface area (Å²) < 4.78 is 67.7. The average Bonchev–Trinajstić information content (AvgIpc) is 3.24. The first-order chi connectivity index (χ1) is 17.8. The van der Waals surface area contributed by atoms with Gasteiger partial charge in [-0.15, -0.1) is 11.3 Å². The first-order valence-corrected chi connectivity index (χ1v) is 14.3. The second kappa shape index (κ2) is 11.6. The number of halogens is 3. The molecule has 208 valence electrons. The van der Waals surface area contributed by atoms with Crippen LogP contribution in [0.15, 0.2) is 63.7 Å². The van der Waals surface area contributed by atoms with Crippen LogP contribution < -0.4 is 4.72 Å². The van der Waals surface area contributed by atoms with Gasteiger partial charge in [0.15, 0.2) is 0 Å². The van der Waals surface area contributed by atoms with Gasteiger partial charge < -0.3 is 14.8 Å². The van der Waals surface area contributed by atoms with E-state index in [1.165, 1.54) is 19.1 Å². The van der Waals surface area contributed by atoms with Gasteiger partial charge in [0, 0.05) is 12.0 Å². The number of carboxylic acids is 1. The fourth-order valence-electron chi connectivity index (χ4n) is 4.44. The van der Waals surface area contributed by atoms with Gasteiger partial charge in [-0.25, -0.2) is 8.42 Å². The van der Waals surface area contributed by atoms with Crippen molar-refractivity contribution < 1.29 is 36.3 Å². The summed E-state index contributed by atoms with van der Waals surface area (Å²) in [4.78, 5) is 19.3. The van der Waals surface area contributed by atoms with Crippen molar-refractivity contribution in [3.05, 3.63) is 64.7 Å². The zero-order chi connectivity index (χ0) is 28.2. The Morgan fingerprint density at radius 1 is 1.18 bits per heavy atom. The quantitative estimate of drug-likeness (QED) is 0.204. The number of alkyl halides is 3. The number of allylic oxidation sites excluding steroid dienone is 2. The van der Waals surface area contributed by atoms with Crippen molar-refractivity contribution in [2.45, 2.75) is 55.0 Å². The molecule has 2 unspecified atom stereocenters. The Kier molecular flexibility index (Phi) is 9.07. The van der Waals surface area contributed by atoms with Crippen LogP contribution in [0.25, 0.3) is 0 Å².